The van der Waals surface area contributed by atoms with Gasteiger partial charge in [0.1, 0.15) is 0 Å². The second kappa shape index (κ2) is 7.59. The number of rotatable bonds is 4. The summed E-state index contributed by atoms with van der Waals surface area (Å²) >= 11 is 6.39. The van der Waals surface area contributed by atoms with Crippen LogP contribution in [0.5, 0.6) is 5.75 Å². The van der Waals surface area contributed by atoms with Crippen molar-refractivity contribution in [2.45, 2.75) is 18.8 Å². The van der Waals surface area contributed by atoms with Gasteiger partial charge in [0, 0.05) is 30.6 Å². The molecule has 30 heavy (non-hydrogen) atoms. The highest BCUT2D eigenvalue weighted by atomic mass is 35.5. The molecule has 1 aromatic carbocycles. The first kappa shape index (κ1) is 20.1. The molecular weight excluding hydrogens is 412 g/mol. The lowest BCUT2D eigenvalue weighted by Gasteiger charge is -2.30. The number of allylic oxidation sites excluding steroid dienone is 6. The molecule has 0 unspecified atom stereocenters. The Hall–Kier alpha value is -3.16. The van der Waals surface area contributed by atoms with Gasteiger partial charge in [-0.05, 0) is 42.4 Å². The highest BCUT2D eigenvalue weighted by molar-refractivity contribution is 6.35. The van der Waals surface area contributed by atoms with Crippen molar-refractivity contribution in [3.8, 4) is 5.75 Å². The summed E-state index contributed by atoms with van der Waals surface area (Å²) in [5.74, 6) is -3.09. The molecule has 152 valence electrons. The van der Waals surface area contributed by atoms with Crippen molar-refractivity contribution in [3.05, 3.63) is 63.2 Å². The number of carbonyl (C=O) groups is 5. The Morgan fingerprint density at radius 2 is 1.57 bits per heavy atom. The second-order valence-corrected chi connectivity index (χ2v) is 7.41. The van der Waals surface area contributed by atoms with Gasteiger partial charge in [0.2, 0.25) is 0 Å². The van der Waals surface area contributed by atoms with Gasteiger partial charge in [-0.2, -0.15) is 0 Å². The van der Waals surface area contributed by atoms with Gasteiger partial charge in [-0.3, -0.25) is 24.0 Å². The van der Waals surface area contributed by atoms with Crippen LogP contribution in [0.2, 0.25) is 5.02 Å². The monoisotopic (exact) mass is 426 g/mol. The van der Waals surface area contributed by atoms with Gasteiger partial charge >= 0.3 is 0 Å². The average Bonchev–Trinajstić information content (AvgIpc) is 2.72. The van der Waals surface area contributed by atoms with Gasteiger partial charge in [-0.1, -0.05) is 11.6 Å². The number of ether oxygens (including phenoxy) is 2. The van der Waals surface area contributed by atoms with Gasteiger partial charge in [0.05, 0.1) is 16.2 Å². The third-order valence-corrected chi connectivity index (χ3v) is 5.58. The Kier molecular flexibility index (Phi) is 5.09. The molecule has 0 amide bonds. The van der Waals surface area contributed by atoms with E-state index in [2.05, 4.69) is 0 Å². The largest absolute Gasteiger partial charge is 0.465 e. The van der Waals surface area contributed by atoms with Gasteiger partial charge in [-0.15, -0.1) is 0 Å². The van der Waals surface area contributed by atoms with Crippen molar-refractivity contribution in [3.63, 3.8) is 0 Å². The molecule has 0 saturated heterocycles. The van der Waals surface area contributed by atoms with E-state index in [9.17, 15) is 24.0 Å². The van der Waals surface area contributed by atoms with E-state index in [0.29, 0.717) is 5.56 Å². The van der Waals surface area contributed by atoms with Crippen molar-refractivity contribution in [1.29, 1.82) is 0 Å². The van der Waals surface area contributed by atoms with Crippen LogP contribution in [-0.2, 0) is 19.1 Å². The third kappa shape index (κ3) is 3.07. The van der Waals surface area contributed by atoms with Crippen molar-refractivity contribution >= 4 is 40.5 Å². The Bertz CT molecular complexity index is 1140. The molecule has 0 spiro atoms. The van der Waals surface area contributed by atoms with E-state index in [0.717, 1.165) is 24.3 Å². The number of carbonyl (C=O) groups excluding carboxylic acids is 5. The summed E-state index contributed by atoms with van der Waals surface area (Å²) in [6.07, 6.45) is 4.68. The molecule has 0 aliphatic heterocycles. The fraction of sp³-hybridized carbons (Fsp3) is 0.227. The normalized spacial score (nSPS) is 20.6. The highest BCUT2D eigenvalue weighted by Gasteiger charge is 2.40. The maximum atomic E-state index is 12.8. The molecule has 0 fully saturated rings. The van der Waals surface area contributed by atoms with Crippen molar-refractivity contribution in [2.75, 3.05) is 13.9 Å². The topological polar surface area (TPSA) is 104 Å². The maximum absolute atomic E-state index is 12.8. The second-order valence-electron chi connectivity index (χ2n) is 7.00. The molecular formula is C22H15ClO7. The number of Topliss-reactive ketones (excluding diaryl/α,β-unsaturated/α-hetero) is 1. The molecule has 1 atom stereocenters. The summed E-state index contributed by atoms with van der Waals surface area (Å²) in [6.45, 7) is -0.193. The van der Waals surface area contributed by atoms with E-state index < -0.39 is 34.8 Å². The Morgan fingerprint density at radius 3 is 2.27 bits per heavy atom. The zero-order valence-corrected chi connectivity index (χ0v) is 16.6. The summed E-state index contributed by atoms with van der Waals surface area (Å²) in [5, 5.41) is 0.0569. The predicted octanol–water partition coefficient (Wildman–Crippen LogP) is 2.71. The van der Waals surface area contributed by atoms with Crippen LogP contribution in [0.15, 0.2) is 41.5 Å². The first-order chi connectivity index (χ1) is 14.3. The molecule has 0 N–H and O–H groups in total. The van der Waals surface area contributed by atoms with Gasteiger partial charge in [0.15, 0.2) is 41.5 Å². The summed E-state index contributed by atoms with van der Waals surface area (Å²) < 4.78 is 10.3. The lowest BCUT2D eigenvalue weighted by atomic mass is 9.71. The predicted molar refractivity (Wildman–Crippen MR) is 105 cm³/mol. The van der Waals surface area contributed by atoms with Crippen LogP contribution in [0.4, 0.5) is 0 Å². The zero-order valence-electron chi connectivity index (χ0n) is 15.8. The van der Waals surface area contributed by atoms with Crippen LogP contribution < -0.4 is 4.74 Å². The zero-order chi connectivity index (χ0) is 21.6. The van der Waals surface area contributed by atoms with E-state index in [-0.39, 0.29) is 52.7 Å². The van der Waals surface area contributed by atoms with Gasteiger partial charge < -0.3 is 9.47 Å². The Morgan fingerprint density at radius 1 is 0.933 bits per heavy atom. The number of hydrogen-bond donors (Lipinski definition) is 0. The summed E-state index contributed by atoms with van der Waals surface area (Å²) in [4.78, 5) is 62.7. The minimum Gasteiger partial charge on any atom is -0.465 e. The van der Waals surface area contributed by atoms with Gasteiger partial charge in [-0.25, -0.2) is 0 Å². The van der Waals surface area contributed by atoms with Crippen LogP contribution >= 0.6 is 11.6 Å². The van der Waals surface area contributed by atoms with Crippen LogP contribution in [-0.4, -0.2) is 42.8 Å². The van der Waals surface area contributed by atoms with E-state index in [4.69, 9.17) is 21.1 Å². The van der Waals surface area contributed by atoms with Crippen LogP contribution in [0.25, 0.3) is 0 Å². The molecule has 7 nitrogen and oxygen atoms in total. The smallest absolute Gasteiger partial charge is 0.190 e. The van der Waals surface area contributed by atoms with Crippen molar-refractivity contribution < 1.29 is 33.4 Å². The molecule has 8 heteroatoms. The molecule has 0 bridgehead atoms. The maximum Gasteiger partial charge on any atom is 0.190 e. The van der Waals surface area contributed by atoms with E-state index >= 15 is 0 Å². The van der Waals surface area contributed by atoms with Crippen LogP contribution in [0.3, 0.4) is 0 Å². The quantitative estimate of drug-likeness (QED) is 0.414. The summed E-state index contributed by atoms with van der Waals surface area (Å²) in [7, 11) is 1.40. The fourth-order valence-corrected chi connectivity index (χ4v) is 4.34. The van der Waals surface area contributed by atoms with Crippen molar-refractivity contribution in [1.82, 2.24) is 0 Å². The number of benzene rings is 1. The molecule has 0 heterocycles. The average molecular weight is 427 g/mol. The minimum absolute atomic E-state index is 0.00648. The number of halogens is 1. The summed E-state index contributed by atoms with van der Waals surface area (Å²) in [5.41, 5.74) is 0.231. The lowest BCUT2D eigenvalue weighted by Crippen LogP contribution is -2.30. The molecule has 0 saturated carbocycles. The number of methoxy groups -OCH3 is 1. The standard InChI is InChI=1S/C22H15ClO7/c1-29-9-30-22-12(23)8-11(19-14(25)5-7-17(28)21(19)22)10-2-3-15(26)20-16(27)6-4-13(24)18(10)20/h4-8,10H,2-3,9H2,1H3/t10-/m1/s1. The number of ketones is 5. The van der Waals surface area contributed by atoms with Crippen molar-refractivity contribution in [2.24, 2.45) is 0 Å². The molecule has 3 aliphatic carbocycles. The van der Waals surface area contributed by atoms with Crippen LogP contribution in [0.1, 0.15) is 45.0 Å². The Labute approximate surface area is 176 Å². The summed E-state index contributed by atoms with van der Waals surface area (Å²) in [6, 6.07) is 1.46. The SMILES string of the molecule is COCOc1c(Cl)cc([C@H]2CCC(=O)C3=C2C(=O)C=CC3=O)c2c1C(=O)C=CC2=O. The molecule has 0 radical (unpaired) electrons. The fourth-order valence-electron chi connectivity index (χ4n) is 4.07. The minimum atomic E-state index is -0.731. The Balaban J connectivity index is 1.98. The molecule has 4 rings (SSSR count). The first-order valence-corrected chi connectivity index (χ1v) is 9.52. The van der Waals surface area contributed by atoms with Gasteiger partial charge in [0.25, 0.3) is 0 Å². The molecule has 3 aliphatic rings. The number of fused-ring (bicyclic) bond motifs is 1. The third-order valence-electron chi connectivity index (χ3n) is 5.29. The lowest BCUT2D eigenvalue weighted by molar-refractivity contribution is -0.122. The number of hydrogen-bond acceptors (Lipinski definition) is 7. The molecule has 1 aromatic rings. The van der Waals surface area contributed by atoms with E-state index in [1.165, 1.54) is 13.2 Å². The highest BCUT2D eigenvalue weighted by Crippen LogP contribution is 2.45. The molecule has 0 aromatic heterocycles. The van der Waals surface area contributed by atoms with Crippen LogP contribution in [0, 0.1) is 0 Å². The first-order valence-electron chi connectivity index (χ1n) is 9.14. The van der Waals surface area contributed by atoms with E-state index in [1.807, 2.05) is 0 Å². The van der Waals surface area contributed by atoms with E-state index in [1.54, 1.807) is 0 Å².